The molecule has 1 aliphatic rings. The number of nitrogens with zero attached hydrogens (tertiary/aromatic N) is 3. The molecule has 0 bridgehead atoms. The van der Waals surface area contributed by atoms with Crippen LogP contribution in [0.25, 0.3) is 0 Å². The molecule has 1 aliphatic heterocycles. The van der Waals surface area contributed by atoms with Crippen molar-refractivity contribution in [1.29, 1.82) is 0 Å². The van der Waals surface area contributed by atoms with Gasteiger partial charge in [0, 0.05) is 26.6 Å². The number of piperazine rings is 1. The van der Waals surface area contributed by atoms with Crippen molar-refractivity contribution in [2.24, 2.45) is 0 Å². The normalized spacial score (nSPS) is 17.9. The Balaban J connectivity index is 2.56. The Morgan fingerprint density at radius 1 is 0.850 bits per heavy atom. The summed E-state index contributed by atoms with van der Waals surface area (Å²) in [5.74, 6) is -3.43. The Bertz CT molecular complexity index is 906. The maximum Gasteiger partial charge on any atom is 0.270 e. The molecule has 40 heavy (non-hydrogen) atoms. The molecule has 8 N–H and O–H groups in total. The van der Waals surface area contributed by atoms with E-state index in [1.165, 1.54) is 0 Å². The maximum atomic E-state index is 12.6. The smallest absolute Gasteiger partial charge is 0.270 e. The summed E-state index contributed by atoms with van der Waals surface area (Å²) in [5, 5.41) is 48.7. The van der Waals surface area contributed by atoms with E-state index in [0.29, 0.717) is 10.1 Å². The van der Waals surface area contributed by atoms with Gasteiger partial charge in [-0.1, -0.05) is 0 Å². The van der Waals surface area contributed by atoms with E-state index in [2.05, 4.69) is 21.3 Å². The first kappa shape index (κ1) is 34.2. The molecule has 0 spiro atoms. The van der Waals surface area contributed by atoms with E-state index >= 15 is 0 Å². The number of aliphatic hydroxyl groups is 1. The quantitative estimate of drug-likeness (QED) is 0.0421. The molecule has 1 fully saturated rings. The number of hydrogen-bond acceptors (Lipinski definition) is 11. The van der Waals surface area contributed by atoms with E-state index in [1.807, 2.05) is 0 Å². The first-order chi connectivity index (χ1) is 18.9. The first-order valence-electron chi connectivity index (χ1n) is 12.5. The highest BCUT2D eigenvalue weighted by Crippen LogP contribution is 2.09. The lowest BCUT2D eigenvalue weighted by molar-refractivity contribution is -0.170. The molecule has 1 saturated heterocycles. The second-order valence-electron chi connectivity index (χ2n) is 9.04. The van der Waals surface area contributed by atoms with Crippen molar-refractivity contribution in [1.82, 2.24) is 36.5 Å². The molecular formula is C22H37N7O11. The molecule has 0 radical (unpaired) electrons. The maximum absolute atomic E-state index is 12.6. The highest BCUT2D eigenvalue weighted by Gasteiger charge is 2.33. The largest absolute Gasteiger partial charge is 0.394 e. The van der Waals surface area contributed by atoms with Crippen molar-refractivity contribution in [3.8, 4) is 0 Å². The third-order valence-corrected chi connectivity index (χ3v) is 5.88. The fraction of sp³-hybridized carbons (Fsp3) is 0.682. The number of aliphatic hydroxyl groups excluding tert-OH is 1. The molecule has 0 saturated carbocycles. The number of nitrogens with one attached hydrogen (secondary N) is 4. The third-order valence-electron chi connectivity index (χ3n) is 5.88. The average Bonchev–Trinajstić information content (AvgIpc) is 2.92. The van der Waals surface area contributed by atoms with Crippen molar-refractivity contribution >= 4 is 42.4 Å². The Hall–Kier alpha value is -3.87. The van der Waals surface area contributed by atoms with Crippen LogP contribution < -0.4 is 21.3 Å². The van der Waals surface area contributed by atoms with Crippen LogP contribution in [0.15, 0.2) is 0 Å². The fourth-order valence-corrected chi connectivity index (χ4v) is 3.81. The molecule has 0 aromatic rings. The standard InChI is InChI=1S/C22H37N7O11/c1-14(33)23-15(5-2-8-27(38)12-31)19(34)26-18(11-30)22(37)29(40)10-4-7-17-21(36)24-16(20(35)25-17)6-3-9-28(39)13-32/h12-13,15-18,30,38-40H,2-11H2,1H3,(H,23,33)(H,24,36)(H,25,35)(H,26,34)/t15-,16?,17?,18-/m0/s1. The van der Waals surface area contributed by atoms with Gasteiger partial charge in [0.15, 0.2) is 0 Å². The summed E-state index contributed by atoms with van der Waals surface area (Å²) in [6.07, 6.45) is 1.03. The number of hydrogen-bond donors (Lipinski definition) is 8. The number of carbonyl (C=O) groups is 7. The van der Waals surface area contributed by atoms with Crippen molar-refractivity contribution in [2.45, 2.75) is 69.6 Å². The second kappa shape index (κ2) is 17.7. The van der Waals surface area contributed by atoms with Crippen LogP contribution in [0.4, 0.5) is 0 Å². The van der Waals surface area contributed by atoms with Crippen LogP contribution >= 0.6 is 0 Å². The molecule has 0 aromatic heterocycles. The molecule has 18 nitrogen and oxygen atoms in total. The number of rotatable bonds is 19. The number of amides is 7. The Kier molecular flexibility index (Phi) is 15.1. The van der Waals surface area contributed by atoms with Crippen LogP contribution in [0.5, 0.6) is 0 Å². The van der Waals surface area contributed by atoms with Crippen LogP contribution in [0.3, 0.4) is 0 Å². The Morgan fingerprint density at radius 3 is 1.82 bits per heavy atom. The molecular weight excluding hydrogens is 538 g/mol. The summed E-state index contributed by atoms with van der Waals surface area (Å²) in [6, 6.07) is -4.50. The predicted octanol–water partition coefficient (Wildman–Crippen LogP) is -3.79. The average molecular weight is 576 g/mol. The fourth-order valence-electron chi connectivity index (χ4n) is 3.81. The lowest BCUT2D eigenvalue weighted by Gasteiger charge is -2.30. The molecule has 2 unspecified atom stereocenters. The van der Waals surface area contributed by atoms with Crippen molar-refractivity contribution < 1.29 is 54.3 Å². The van der Waals surface area contributed by atoms with Gasteiger partial charge < -0.3 is 26.4 Å². The van der Waals surface area contributed by atoms with Gasteiger partial charge in [0.25, 0.3) is 5.91 Å². The lowest BCUT2D eigenvalue weighted by atomic mass is 10.0. The molecule has 18 heteroatoms. The van der Waals surface area contributed by atoms with Gasteiger partial charge in [-0.25, -0.2) is 15.2 Å². The summed E-state index contributed by atoms with van der Waals surface area (Å²) in [7, 11) is 0. The van der Waals surface area contributed by atoms with Crippen LogP contribution in [-0.2, 0) is 33.6 Å². The molecule has 1 rings (SSSR count). The van der Waals surface area contributed by atoms with E-state index in [4.69, 9.17) is 10.4 Å². The molecule has 7 amide bonds. The van der Waals surface area contributed by atoms with Gasteiger partial charge in [-0.05, 0) is 38.5 Å². The molecule has 226 valence electrons. The minimum atomic E-state index is -1.56. The topological polar surface area (TPSA) is 258 Å². The highest BCUT2D eigenvalue weighted by atomic mass is 16.5. The summed E-state index contributed by atoms with van der Waals surface area (Å²) in [4.78, 5) is 82.0. The van der Waals surface area contributed by atoms with Gasteiger partial charge >= 0.3 is 0 Å². The molecule has 1 heterocycles. The zero-order valence-electron chi connectivity index (χ0n) is 22.0. The molecule has 0 aromatic carbocycles. The minimum absolute atomic E-state index is 0.0137. The van der Waals surface area contributed by atoms with Crippen LogP contribution in [0.1, 0.15) is 45.4 Å². The Labute approximate surface area is 229 Å². The Morgan fingerprint density at radius 2 is 1.35 bits per heavy atom. The summed E-state index contributed by atoms with van der Waals surface area (Å²) in [6.45, 7) is -0.167. The van der Waals surface area contributed by atoms with E-state index in [-0.39, 0.29) is 76.0 Å². The van der Waals surface area contributed by atoms with Gasteiger partial charge in [-0.3, -0.25) is 49.2 Å². The summed E-state index contributed by atoms with van der Waals surface area (Å²) in [5.41, 5.74) is 0. The first-order valence-corrected chi connectivity index (χ1v) is 12.5. The lowest BCUT2D eigenvalue weighted by Crippen LogP contribution is -2.61. The van der Waals surface area contributed by atoms with Gasteiger partial charge in [0.1, 0.15) is 24.2 Å². The van der Waals surface area contributed by atoms with Crippen molar-refractivity contribution in [3.05, 3.63) is 0 Å². The molecule has 4 atom stereocenters. The minimum Gasteiger partial charge on any atom is -0.394 e. The summed E-state index contributed by atoms with van der Waals surface area (Å²) < 4.78 is 0. The van der Waals surface area contributed by atoms with Crippen LogP contribution in [0.2, 0.25) is 0 Å². The zero-order valence-corrected chi connectivity index (χ0v) is 22.0. The van der Waals surface area contributed by atoms with Gasteiger partial charge in [0.2, 0.25) is 36.4 Å². The van der Waals surface area contributed by atoms with E-state index in [1.54, 1.807) is 0 Å². The van der Waals surface area contributed by atoms with E-state index < -0.39 is 60.3 Å². The SMILES string of the molecule is CC(=O)N[C@@H](CCCN(O)C=O)C(=O)N[C@@H](CO)C(=O)N(O)CCCC1NC(=O)C(CCCN(O)C=O)NC1=O. The predicted molar refractivity (Wildman–Crippen MR) is 131 cm³/mol. The van der Waals surface area contributed by atoms with E-state index in [0.717, 1.165) is 6.92 Å². The van der Waals surface area contributed by atoms with Gasteiger partial charge in [0.05, 0.1) is 6.61 Å². The van der Waals surface area contributed by atoms with Crippen LogP contribution in [-0.4, -0.2) is 129 Å². The zero-order chi connectivity index (χ0) is 30.2. The van der Waals surface area contributed by atoms with E-state index in [9.17, 15) is 43.9 Å². The van der Waals surface area contributed by atoms with Gasteiger partial charge in [-0.15, -0.1) is 0 Å². The number of hydroxylamine groups is 6. The number of carbonyl (C=O) groups excluding carboxylic acids is 7. The highest BCUT2D eigenvalue weighted by molar-refractivity contribution is 5.97. The van der Waals surface area contributed by atoms with Crippen molar-refractivity contribution in [3.63, 3.8) is 0 Å². The second-order valence-corrected chi connectivity index (χ2v) is 9.04. The molecule has 0 aliphatic carbocycles. The summed E-state index contributed by atoms with van der Waals surface area (Å²) >= 11 is 0. The van der Waals surface area contributed by atoms with Crippen LogP contribution in [0, 0.1) is 0 Å². The van der Waals surface area contributed by atoms with Gasteiger partial charge in [-0.2, -0.15) is 0 Å². The monoisotopic (exact) mass is 575 g/mol. The third kappa shape index (κ3) is 11.9. The van der Waals surface area contributed by atoms with Crippen molar-refractivity contribution in [2.75, 3.05) is 26.2 Å².